The fourth-order valence-corrected chi connectivity index (χ4v) is 7.20. The van der Waals surface area contributed by atoms with Gasteiger partial charge in [0.05, 0.1) is 5.92 Å². The van der Waals surface area contributed by atoms with E-state index in [2.05, 4.69) is 20.8 Å². The molecule has 3 aliphatic rings. The number of hydrogen-bond donors (Lipinski definition) is 3. The summed E-state index contributed by atoms with van der Waals surface area (Å²) in [7, 11) is 0. The Morgan fingerprint density at radius 3 is 2.52 bits per heavy atom. The minimum Gasteiger partial charge on any atom is -0.508 e. The minimum atomic E-state index is -0.625. The van der Waals surface area contributed by atoms with Crippen LogP contribution in [0.5, 0.6) is 11.5 Å². The predicted molar refractivity (Wildman–Crippen MR) is 122 cm³/mol. The lowest BCUT2D eigenvalue weighted by atomic mass is 9.53. The second kappa shape index (κ2) is 8.52. The van der Waals surface area contributed by atoms with Crippen LogP contribution < -0.4 is 0 Å². The van der Waals surface area contributed by atoms with Gasteiger partial charge in [-0.15, -0.1) is 0 Å². The third-order valence-electron chi connectivity index (χ3n) is 8.94. The highest BCUT2D eigenvalue weighted by molar-refractivity contribution is 5.69. The van der Waals surface area contributed by atoms with Crippen LogP contribution in [-0.2, 0) is 4.79 Å². The summed E-state index contributed by atoms with van der Waals surface area (Å²) >= 11 is 0. The van der Waals surface area contributed by atoms with Crippen LogP contribution >= 0.6 is 0 Å². The Balaban J connectivity index is 1.75. The van der Waals surface area contributed by atoms with Gasteiger partial charge < -0.3 is 15.3 Å². The SMILES string of the molecule is CC(C)C1CCC2=C(CCC3CCC(C(=O)O)CCC[C@]23C)C1c1ccc(O)cc1O. The van der Waals surface area contributed by atoms with Crippen LogP contribution in [0.25, 0.3) is 0 Å². The molecule has 1 aromatic rings. The highest BCUT2D eigenvalue weighted by Crippen LogP contribution is 2.60. The summed E-state index contributed by atoms with van der Waals surface area (Å²) in [4.78, 5) is 11.6. The van der Waals surface area contributed by atoms with Crippen molar-refractivity contribution in [2.45, 2.75) is 84.5 Å². The molecule has 1 saturated carbocycles. The Hall–Kier alpha value is -1.97. The summed E-state index contributed by atoms with van der Waals surface area (Å²) < 4.78 is 0. The number of benzene rings is 1. The number of aromatic hydroxyl groups is 2. The van der Waals surface area contributed by atoms with Crippen molar-refractivity contribution >= 4 is 5.97 Å². The average molecular weight is 427 g/mol. The number of aliphatic carboxylic acids is 1. The quantitative estimate of drug-likeness (QED) is 0.474. The number of rotatable bonds is 3. The van der Waals surface area contributed by atoms with E-state index >= 15 is 0 Å². The van der Waals surface area contributed by atoms with Gasteiger partial charge in [-0.1, -0.05) is 44.4 Å². The first kappa shape index (κ1) is 22.2. The van der Waals surface area contributed by atoms with Gasteiger partial charge in [-0.05, 0) is 80.6 Å². The highest BCUT2D eigenvalue weighted by atomic mass is 16.4. The number of carboxylic acids is 1. The molecule has 31 heavy (non-hydrogen) atoms. The van der Waals surface area contributed by atoms with Gasteiger partial charge in [-0.3, -0.25) is 4.79 Å². The standard InChI is InChI=1S/C27H38O4/c1-16(2)20-12-13-23-21(25(20)22-11-9-19(28)15-24(22)29)10-8-18-7-6-17(26(30)31)5-4-14-27(18,23)3/h9,11,15-18,20,25,28-29H,4-8,10,12-14H2,1-3H3,(H,30,31)/t17?,18?,20?,25?,27-/m0/s1. The number of phenols is 2. The molecule has 0 bridgehead atoms. The van der Waals surface area contributed by atoms with Crippen LogP contribution in [-0.4, -0.2) is 21.3 Å². The van der Waals surface area contributed by atoms with Gasteiger partial charge in [-0.2, -0.15) is 0 Å². The Kier molecular flexibility index (Phi) is 6.11. The average Bonchev–Trinajstić information content (AvgIpc) is 2.69. The largest absolute Gasteiger partial charge is 0.508 e. The lowest BCUT2D eigenvalue weighted by Gasteiger charge is -2.52. The summed E-state index contributed by atoms with van der Waals surface area (Å²) in [5.41, 5.74) is 4.23. The van der Waals surface area contributed by atoms with E-state index in [4.69, 9.17) is 0 Å². The Bertz CT molecular complexity index is 870. The molecular formula is C27H38O4. The first-order valence-electron chi connectivity index (χ1n) is 12.2. The number of phenolic OH excluding ortho intramolecular Hbond substituents is 2. The number of carboxylic acid groups (broad SMARTS) is 1. The lowest BCUT2D eigenvalue weighted by Crippen LogP contribution is -2.40. The van der Waals surface area contributed by atoms with Crippen molar-refractivity contribution in [3.8, 4) is 11.5 Å². The third-order valence-corrected chi connectivity index (χ3v) is 8.94. The van der Waals surface area contributed by atoms with Crippen molar-refractivity contribution < 1.29 is 20.1 Å². The van der Waals surface area contributed by atoms with Crippen LogP contribution in [0, 0.1) is 29.1 Å². The minimum absolute atomic E-state index is 0.107. The summed E-state index contributed by atoms with van der Waals surface area (Å²) in [6.45, 7) is 7.02. The van der Waals surface area contributed by atoms with Gasteiger partial charge >= 0.3 is 5.97 Å². The van der Waals surface area contributed by atoms with Crippen molar-refractivity contribution in [3.63, 3.8) is 0 Å². The summed E-state index contributed by atoms with van der Waals surface area (Å²) in [5.74, 6) is 1.27. The zero-order valence-corrected chi connectivity index (χ0v) is 19.2. The first-order chi connectivity index (χ1) is 14.7. The number of hydrogen-bond acceptors (Lipinski definition) is 3. The van der Waals surface area contributed by atoms with Crippen molar-refractivity contribution in [3.05, 3.63) is 34.9 Å². The molecule has 4 heteroatoms. The molecule has 170 valence electrons. The van der Waals surface area contributed by atoms with Gasteiger partial charge in [-0.25, -0.2) is 0 Å². The Morgan fingerprint density at radius 1 is 1.06 bits per heavy atom. The van der Waals surface area contributed by atoms with E-state index < -0.39 is 5.97 Å². The molecule has 1 fully saturated rings. The van der Waals surface area contributed by atoms with E-state index in [9.17, 15) is 20.1 Å². The number of allylic oxidation sites excluding steroid dienone is 2. The molecule has 0 aliphatic heterocycles. The van der Waals surface area contributed by atoms with E-state index in [0.717, 1.165) is 63.4 Å². The van der Waals surface area contributed by atoms with Crippen LogP contribution in [0.15, 0.2) is 29.3 Å². The molecule has 1 aromatic carbocycles. The van der Waals surface area contributed by atoms with Gasteiger partial charge in [0.25, 0.3) is 0 Å². The predicted octanol–water partition coefficient (Wildman–Crippen LogP) is 6.63. The van der Waals surface area contributed by atoms with E-state index in [1.807, 2.05) is 6.07 Å². The molecule has 0 aromatic heterocycles. The molecule has 0 amide bonds. The van der Waals surface area contributed by atoms with Crippen molar-refractivity contribution in [1.82, 2.24) is 0 Å². The normalized spacial score (nSPS) is 33.9. The smallest absolute Gasteiger partial charge is 0.306 e. The molecule has 5 atom stereocenters. The third kappa shape index (κ3) is 3.99. The van der Waals surface area contributed by atoms with Gasteiger partial charge in [0.1, 0.15) is 11.5 Å². The summed E-state index contributed by atoms with van der Waals surface area (Å²) in [6.07, 6.45) is 9.05. The molecule has 0 saturated heterocycles. The number of fused-ring (bicyclic) bond motifs is 2. The van der Waals surface area contributed by atoms with Crippen molar-refractivity contribution in [2.75, 3.05) is 0 Å². The highest BCUT2D eigenvalue weighted by Gasteiger charge is 2.47. The summed E-state index contributed by atoms with van der Waals surface area (Å²) in [5, 5.41) is 30.1. The zero-order chi connectivity index (χ0) is 22.3. The Morgan fingerprint density at radius 2 is 1.84 bits per heavy atom. The zero-order valence-electron chi connectivity index (χ0n) is 19.2. The maximum Gasteiger partial charge on any atom is 0.306 e. The van der Waals surface area contributed by atoms with Crippen molar-refractivity contribution in [2.24, 2.45) is 29.1 Å². The monoisotopic (exact) mass is 426 g/mol. The van der Waals surface area contributed by atoms with Crippen LogP contribution in [0.4, 0.5) is 0 Å². The van der Waals surface area contributed by atoms with Crippen LogP contribution in [0.3, 0.4) is 0 Å². The van der Waals surface area contributed by atoms with Gasteiger partial charge in [0.2, 0.25) is 0 Å². The molecule has 3 aliphatic carbocycles. The molecule has 0 spiro atoms. The summed E-state index contributed by atoms with van der Waals surface area (Å²) in [6, 6.07) is 5.11. The first-order valence-corrected chi connectivity index (χ1v) is 12.2. The fourth-order valence-electron chi connectivity index (χ4n) is 7.20. The molecule has 4 unspecified atom stereocenters. The maximum absolute atomic E-state index is 11.6. The van der Waals surface area contributed by atoms with E-state index in [1.54, 1.807) is 11.6 Å². The molecule has 0 heterocycles. The van der Waals surface area contributed by atoms with Crippen molar-refractivity contribution in [1.29, 1.82) is 0 Å². The molecule has 4 nitrogen and oxygen atoms in total. The van der Waals surface area contributed by atoms with E-state index in [-0.39, 0.29) is 28.7 Å². The second-order valence-corrected chi connectivity index (χ2v) is 10.8. The second-order valence-electron chi connectivity index (χ2n) is 10.8. The molecule has 4 rings (SSSR count). The van der Waals surface area contributed by atoms with Gasteiger partial charge in [0, 0.05) is 17.5 Å². The van der Waals surface area contributed by atoms with Crippen LogP contribution in [0.2, 0.25) is 0 Å². The molecule has 3 N–H and O–H groups in total. The fraction of sp³-hybridized carbons (Fsp3) is 0.667. The van der Waals surface area contributed by atoms with Gasteiger partial charge in [0.15, 0.2) is 0 Å². The number of carbonyl (C=O) groups is 1. The Labute approximate surface area is 186 Å². The molecule has 0 radical (unpaired) electrons. The van der Waals surface area contributed by atoms with Crippen LogP contribution in [0.1, 0.15) is 90.0 Å². The van der Waals surface area contributed by atoms with E-state index in [0.29, 0.717) is 17.8 Å². The maximum atomic E-state index is 11.6. The molecular weight excluding hydrogens is 388 g/mol. The lowest BCUT2D eigenvalue weighted by molar-refractivity contribution is -0.142. The topological polar surface area (TPSA) is 77.8 Å². The van der Waals surface area contributed by atoms with E-state index in [1.165, 1.54) is 11.6 Å².